The highest BCUT2D eigenvalue weighted by Gasteiger charge is 2.41. The van der Waals surface area contributed by atoms with Crippen molar-refractivity contribution in [2.75, 3.05) is 7.11 Å². The first-order chi connectivity index (χ1) is 16.6. The van der Waals surface area contributed by atoms with Crippen LogP contribution in [0.5, 0.6) is 0 Å². The molecule has 1 aliphatic rings. The topological polar surface area (TPSA) is 67.6 Å². The smallest absolute Gasteiger partial charge is 0.337 e. The fraction of sp³-hybridized carbons (Fsp3) is 0.148. The Balaban J connectivity index is 1.49. The number of nitrogens with zero attached hydrogens (tertiary/aromatic N) is 2. The number of pyridine rings is 1. The first kappa shape index (κ1) is 21.9. The van der Waals surface area contributed by atoms with Gasteiger partial charge in [-0.05, 0) is 54.2 Å². The third kappa shape index (κ3) is 4.30. The number of esters is 1. The number of carbonyl (C=O) groups is 1. The molecule has 2 aromatic carbocycles. The van der Waals surface area contributed by atoms with Gasteiger partial charge in [0.05, 0.1) is 24.4 Å². The number of methoxy groups -OCH3 is 1. The van der Waals surface area contributed by atoms with Crippen LogP contribution >= 0.6 is 12.2 Å². The van der Waals surface area contributed by atoms with Gasteiger partial charge >= 0.3 is 5.97 Å². The third-order valence-corrected chi connectivity index (χ3v) is 6.25. The summed E-state index contributed by atoms with van der Waals surface area (Å²) in [4.78, 5) is 18.5. The molecule has 34 heavy (non-hydrogen) atoms. The summed E-state index contributed by atoms with van der Waals surface area (Å²) in [6.07, 6.45) is 1.79. The predicted octanol–water partition coefficient (Wildman–Crippen LogP) is 5.30. The molecule has 1 aliphatic heterocycles. The number of hydrogen-bond donors (Lipinski definition) is 1. The van der Waals surface area contributed by atoms with Crippen molar-refractivity contribution in [2.45, 2.75) is 18.6 Å². The summed E-state index contributed by atoms with van der Waals surface area (Å²) < 4.78 is 11.1. The van der Waals surface area contributed by atoms with Crippen LogP contribution < -0.4 is 5.32 Å². The number of hydrogen-bond acceptors (Lipinski definition) is 5. The maximum Gasteiger partial charge on any atom is 0.337 e. The number of carbonyl (C=O) groups excluding carboxylic acids is 1. The number of ether oxygens (including phenoxy) is 1. The molecular formula is C27H23N3O3S. The summed E-state index contributed by atoms with van der Waals surface area (Å²) in [6, 6.07) is 26.9. The first-order valence-corrected chi connectivity index (χ1v) is 11.4. The largest absolute Gasteiger partial charge is 0.465 e. The van der Waals surface area contributed by atoms with E-state index in [1.807, 2.05) is 60.7 Å². The average Bonchev–Trinajstić information content (AvgIpc) is 3.50. The summed E-state index contributed by atoms with van der Waals surface area (Å²) in [5, 5.41) is 4.11. The molecule has 3 heterocycles. The van der Waals surface area contributed by atoms with Crippen molar-refractivity contribution < 1.29 is 13.9 Å². The minimum absolute atomic E-state index is 0.155. The molecule has 0 saturated carbocycles. The predicted molar refractivity (Wildman–Crippen MR) is 133 cm³/mol. The fourth-order valence-electron chi connectivity index (χ4n) is 4.22. The lowest BCUT2D eigenvalue weighted by atomic mass is 10.0. The zero-order valence-electron chi connectivity index (χ0n) is 18.5. The van der Waals surface area contributed by atoms with Crippen LogP contribution in [0.3, 0.4) is 0 Å². The Bertz CT molecular complexity index is 1290. The monoisotopic (exact) mass is 469 g/mol. The van der Waals surface area contributed by atoms with Gasteiger partial charge in [-0.15, -0.1) is 0 Å². The van der Waals surface area contributed by atoms with Gasteiger partial charge in [0, 0.05) is 18.3 Å². The van der Waals surface area contributed by atoms with Gasteiger partial charge in [-0.25, -0.2) is 4.79 Å². The highest BCUT2D eigenvalue weighted by atomic mass is 32.1. The van der Waals surface area contributed by atoms with Crippen LogP contribution in [0.15, 0.2) is 95.5 Å². The van der Waals surface area contributed by atoms with Gasteiger partial charge in [-0.1, -0.05) is 48.5 Å². The second-order valence-electron chi connectivity index (χ2n) is 8.01. The van der Waals surface area contributed by atoms with Crippen LogP contribution in [-0.4, -0.2) is 28.1 Å². The lowest BCUT2D eigenvalue weighted by Crippen LogP contribution is -2.29. The summed E-state index contributed by atoms with van der Waals surface area (Å²) in [7, 11) is 1.37. The molecule has 1 fully saturated rings. The molecule has 0 amide bonds. The molecule has 0 unspecified atom stereocenters. The van der Waals surface area contributed by atoms with Crippen molar-refractivity contribution in [3.8, 4) is 11.3 Å². The number of nitrogens with one attached hydrogen (secondary N) is 1. The van der Waals surface area contributed by atoms with E-state index in [0.29, 0.717) is 23.0 Å². The standard InChI is InChI=1S/C27H23N3O3S/c1-32-26(31)20-12-10-19(11-13-20)22-14-15-23(33-22)25-24(21-9-5-6-16-28-21)29-27(34)30(25)17-18-7-3-2-4-8-18/h2-16,24-25H,17H2,1H3,(H,29,34)/t24-,25+/m0/s1. The van der Waals surface area contributed by atoms with E-state index in [-0.39, 0.29) is 18.1 Å². The van der Waals surface area contributed by atoms with Crippen molar-refractivity contribution in [1.82, 2.24) is 15.2 Å². The fourth-order valence-corrected chi connectivity index (χ4v) is 4.53. The normalized spacial score (nSPS) is 17.4. The van der Waals surface area contributed by atoms with Crippen LogP contribution in [0.2, 0.25) is 0 Å². The number of rotatable bonds is 6. The average molecular weight is 470 g/mol. The third-order valence-electron chi connectivity index (χ3n) is 5.90. The van der Waals surface area contributed by atoms with Gasteiger partial charge in [0.2, 0.25) is 0 Å². The Labute approximate surface area is 203 Å². The number of aromatic nitrogens is 1. The second kappa shape index (κ2) is 9.49. The van der Waals surface area contributed by atoms with Crippen molar-refractivity contribution >= 4 is 23.3 Å². The Kier molecular flexibility index (Phi) is 6.10. The van der Waals surface area contributed by atoms with E-state index in [1.54, 1.807) is 18.3 Å². The molecule has 0 radical (unpaired) electrons. The molecule has 2 atom stereocenters. The van der Waals surface area contributed by atoms with Gasteiger partial charge in [0.1, 0.15) is 17.6 Å². The summed E-state index contributed by atoms with van der Waals surface area (Å²) >= 11 is 5.75. The SMILES string of the molecule is COC(=O)c1ccc(-c2ccc([C@@H]3[C@H](c4ccccn4)NC(=S)N3Cc3ccccc3)o2)cc1. The molecule has 4 aromatic rings. The number of thiocarbonyl (C=S) groups is 1. The van der Waals surface area contributed by atoms with Gasteiger partial charge in [-0.2, -0.15) is 0 Å². The van der Waals surface area contributed by atoms with Gasteiger partial charge in [-0.3, -0.25) is 4.98 Å². The quantitative estimate of drug-likeness (QED) is 0.304. The van der Waals surface area contributed by atoms with E-state index in [4.69, 9.17) is 21.4 Å². The molecule has 2 aromatic heterocycles. The lowest BCUT2D eigenvalue weighted by molar-refractivity contribution is 0.0600. The molecule has 7 heteroatoms. The van der Waals surface area contributed by atoms with Gasteiger partial charge in [0.15, 0.2) is 5.11 Å². The molecule has 0 aliphatic carbocycles. The minimum Gasteiger partial charge on any atom is -0.465 e. The van der Waals surface area contributed by atoms with Crippen LogP contribution in [0.25, 0.3) is 11.3 Å². The summed E-state index contributed by atoms with van der Waals surface area (Å²) in [5.41, 5.74) is 3.42. The molecule has 5 rings (SSSR count). The maximum atomic E-state index is 11.8. The van der Waals surface area contributed by atoms with E-state index in [9.17, 15) is 4.79 Å². The van der Waals surface area contributed by atoms with E-state index in [1.165, 1.54) is 7.11 Å². The van der Waals surface area contributed by atoms with Crippen molar-refractivity contribution in [3.05, 3.63) is 114 Å². The Hall–Kier alpha value is -3.97. The molecule has 1 N–H and O–H groups in total. The minimum atomic E-state index is -0.369. The van der Waals surface area contributed by atoms with E-state index < -0.39 is 0 Å². The van der Waals surface area contributed by atoms with E-state index in [2.05, 4.69) is 27.3 Å². The zero-order chi connectivity index (χ0) is 23.5. The molecule has 0 spiro atoms. The first-order valence-electron chi connectivity index (χ1n) is 10.9. The molecular weight excluding hydrogens is 446 g/mol. The van der Waals surface area contributed by atoms with Crippen LogP contribution in [0, 0.1) is 0 Å². The Morgan fingerprint density at radius 2 is 1.79 bits per heavy atom. The number of benzene rings is 2. The van der Waals surface area contributed by atoms with Crippen LogP contribution in [0.1, 0.15) is 39.5 Å². The molecule has 6 nitrogen and oxygen atoms in total. The van der Waals surface area contributed by atoms with Crippen LogP contribution in [0.4, 0.5) is 0 Å². The van der Waals surface area contributed by atoms with E-state index in [0.717, 1.165) is 22.6 Å². The van der Waals surface area contributed by atoms with Crippen molar-refractivity contribution in [1.29, 1.82) is 0 Å². The summed E-state index contributed by atoms with van der Waals surface area (Å²) in [6.45, 7) is 0.643. The van der Waals surface area contributed by atoms with Gasteiger partial charge in [0.25, 0.3) is 0 Å². The highest BCUT2D eigenvalue weighted by Crippen LogP contribution is 2.41. The summed E-state index contributed by atoms with van der Waals surface area (Å²) in [5.74, 6) is 1.13. The molecule has 170 valence electrons. The van der Waals surface area contributed by atoms with E-state index >= 15 is 0 Å². The van der Waals surface area contributed by atoms with Crippen molar-refractivity contribution in [2.24, 2.45) is 0 Å². The Morgan fingerprint density at radius 3 is 2.50 bits per heavy atom. The highest BCUT2D eigenvalue weighted by molar-refractivity contribution is 7.80. The molecule has 1 saturated heterocycles. The Morgan fingerprint density at radius 1 is 1.03 bits per heavy atom. The zero-order valence-corrected chi connectivity index (χ0v) is 19.4. The lowest BCUT2D eigenvalue weighted by Gasteiger charge is -2.26. The van der Waals surface area contributed by atoms with Gasteiger partial charge < -0.3 is 19.4 Å². The van der Waals surface area contributed by atoms with Crippen molar-refractivity contribution in [3.63, 3.8) is 0 Å². The second-order valence-corrected chi connectivity index (χ2v) is 8.40. The number of furan rings is 1. The van der Waals surface area contributed by atoms with Crippen LogP contribution in [-0.2, 0) is 11.3 Å². The maximum absolute atomic E-state index is 11.8. The molecule has 0 bridgehead atoms.